The molecule has 0 bridgehead atoms. The van der Waals surface area contributed by atoms with Crippen LogP contribution in [0.1, 0.15) is 49.2 Å². The molecule has 0 saturated heterocycles. The van der Waals surface area contributed by atoms with Crippen molar-refractivity contribution in [1.29, 1.82) is 0 Å². The van der Waals surface area contributed by atoms with Crippen LogP contribution in [-0.4, -0.2) is 33.9 Å². The molecule has 1 aromatic carbocycles. The van der Waals surface area contributed by atoms with Gasteiger partial charge in [0.15, 0.2) is 0 Å². The number of aromatic nitrogens is 1. The van der Waals surface area contributed by atoms with Crippen molar-refractivity contribution < 1.29 is 9.59 Å². The molecule has 3 rings (SSSR count). The monoisotopic (exact) mass is 351 g/mol. The maximum atomic E-state index is 13.1. The summed E-state index contributed by atoms with van der Waals surface area (Å²) in [7, 11) is 0. The maximum Gasteiger partial charge on any atom is 0.234 e. The summed E-state index contributed by atoms with van der Waals surface area (Å²) >= 11 is 0. The molecule has 1 aliphatic rings. The molecular formula is C21H25N3O2. The number of amides is 1. The van der Waals surface area contributed by atoms with Gasteiger partial charge in [-0.3, -0.25) is 19.1 Å². The standard InChI is InChI=1S/C21H25N3O2/c1-15(2)22-20-10-6-7-12-24(20)21(26)14-19-18-9-5-4-8-17(18)11-13-23(19)16(3)25/h4-10,12,15,19H,11,13-14H2,1-3H3. The van der Waals surface area contributed by atoms with Gasteiger partial charge in [0.1, 0.15) is 5.49 Å². The minimum absolute atomic E-state index is 0.00227. The lowest BCUT2D eigenvalue weighted by Gasteiger charge is -2.36. The highest BCUT2D eigenvalue weighted by Gasteiger charge is 2.30. The second-order valence-electron chi connectivity index (χ2n) is 6.93. The van der Waals surface area contributed by atoms with Crippen LogP contribution in [0.25, 0.3) is 0 Å². The summed E-state index contributed by atoms with van der Waals surface area (Å²) < 4.78 is 1.59. The van der Waals surface area contributed by atoms with Crippen molar-refractivity contribution in [1.82, 2.24) is 9.47 Å². The van der Waals surface area contributed by atoms with E-state index in [-0.39, 0.29) is 30.3 Å². The van der Waals surface area contributed by atoms with E-state index in [0.717, 1.165) is 12.0 Å². The Kier molecular flexibility index (Phi) is 5.35. The third kappa shape index (κ3) is 3.77. The minimum atomic E-state index is -0.232. The highest BCUT2D eigenvalue weighted by molar-refractivity contribution is 5.81. The Morgan fingerprint density at radius 2 is 1.88 bits per heavy atom. The fourth-order valence-electron chi connectivity index (χ4n) is 3.53. The molecule has 1 aromatic heterocycles. The predicted octanol–water partition coefficient (Wildman–Crippen LogP) is 2.97. The van der Waals surface area contributed by atoms with E-state index >= 15 is 0 Å². The number of benzene rings is 1. The van der Waals surface area contributed by atoms with E-state index in [0.29, 0.717) is 12.0 Å². The Balaban J connectivity index is 1.97. The summed E-state index contributed by atoms with van der Waals surface area (Å²) in [5, 5.41) is 0. The Labute approximate surface area is 154 Å². The van der Waals surface area contributed by atoms with Crippen LogP contribution in [0.2, 0.25) is 0 Å². The Morgan fingerprint density at radius 1 is 1.15 bits per heavy atom. The average molecular weight is 351 g/mol. The predicted molar refractivity (Wildman–Crippen MR) is 101 cm³/mol. The van der Waals surface area contributed by atoms with Gasteiger partial charge >= 0.3 is 0 Å². The number of carbonyl (C=O) groups is 2. The summed E-state index contributed by atoms with van der Waals surface area (Å²) in [6.07, 6.45) is 2.81. The molecule has 0 N–H and O–H groups in total. The van der Waals surface area contributed by atoms with Gasteiger partial charge in [-0.25, -0.2) is 0 Å². The fourth-order valence-corrected chi connectivity index (χ4v) is 3.53. The fraction of sp³-hybridized carbons (Fsp3) is 0.381. The van der Waals surface area contributed by atoms with Crippen molar-refractivity contribution >= 4 is 11.8 Å². The Bertz CT molecular complexity index is 883. The third-order valence-electron chi connectivity index (χ3n) is 4.68. The Morgan fingerprint density at radius 3 is 2.62 bits per heavy atom. The van der Waals surface area contributed by atoms with Crippen molar-refractivity contribution in [3.8, 4) is 0 Å². The first-order chi connectivity index (χ1) is 12.5. The second kappa shape index (κ2) is 7.68. The third-order valence-corrected chi connectivity index (χ3v) is 4.68. The maximum absolute atomic E-state index is 13.1. The van der Waals surface area contributed by atoms with Crippen LogP contribution in [0.3, 0.4) is 0 Å². The molecule has 136 valence electrons. The largest absolute Gasteiger partial charge is 0.335 e. The summed E-state index contributed by atoms with van der Waals surface area (Å²) in [5.41, 5.74) is 2.93. The van der Waals surface area contributed by atoms with Crippen LogP contribution < -0.4 is 5.49 Å². The summed E-state index contributed by atoms with van der Waals surface area (Å²) in [4.78, 5) is 31.5. The zero-order valence-electron chi connectivity index (χ0n) is 15.6. The van der Waals surface area contributed by atoms with Crippen LogP contribution in [0.5, 0.6) is 0 Å². The van der Waals surface area contributed by atoms with Crippen molar-refractivity contribution in [2.75, 3.05) is 6.54 Å². The molecule has 5 heteroatoms. The van der Waals surface area contributed by atoms with Gasteiger partial charge in [-0.15, -0.1) is 0 Å². The molecule has 2 aromatic rings. The highest BCUT2D eigenvalue weighted by atomic mass is 16.2. The van der Waals surface area contributed by atoms with Crippen molar-refractivity contribution in [3.05, 3.63) is 65.3 Å². The molecular weight excluding hydrogens is 326 g/mol. The number of carbonyl (C=O) groups excluding carboxylic acids is 2. The van der Waals surface area contributed by atoms with Gasteiger partial charge in [0.05, 0.1) is 12.5 Å². The first kappa shape index (κ1) is 18.1. The van der Waals surface area contributed by atoms with Gasteiger partial charge in [0, 0.05) is 25.7 Å². The summed E-state index contributed by atoms with van der Waals surface area (Å²) in [5.74, 6) is -0.0552. The molecule has 1 aliphatic heterocycles. The van der Waals surface area contributed by atoms with Crippen molar-refractivity contribution in [2.24, 2.45) is 4.99 Å². The normalized spacial score (nSPS) is 17.3. The van der Waals surface area contributed by atoms with E-state index in [9.17, 15) is 9.59 Å². The van der Waals surface area contributed by atoms with E-state index < -0.39 is 0 Å². The Hall–Kier alpha value is -2.69. The summed E-state index contributed by atoms with van der Waals surface area (Å²) in [6.45, 7) is 6.18. The van der Waals surface area contributed by atoms with Gasteiger partial charge in [0.2, 0.25) is 11.8 Å². The minimum Gasteiger partial charge on any atom is -0.335 e. The van der Waals surface area contributed by atoms with Gasteiger partial charge < -0.3 is 4.90 Å². The van der Waals surface area contributed by atoms with Gasteiger partial charge in [-0.2, -0.15) is 0 Å². The van der Waals surface area contributed by atoms with Gasteiger partial charge in [-0.1, -0.05) is 30.3 Å². The topological polar surface area (TPSA) is 54.7 Å². The summed E-state index contributed by atoms with van der Waals surface area (Å²) in [6, 6.07) is 13.5. The molecule has 0 aliphatic carbocycles. The van der Waals surface area contributed by atoms with Crippen LogP contribution in [-0.2, 0) is 11.2 Å². The van der Waals surface area contributed by atoms with E-state index in [4.69, 9.17) is 0 Å². The lowest BCUT2D eigenvalue weighted by molar-refractivity contribution is -0.131. The van der Waals surface area contributed by atoms with Crippen molar-refractivity contribution in [2.45, 2.75) is 45.7 Å². The van der Waals surface area contributed by atoms with Crippen LogP contribution >= 0.6 is 0 Å². The number of hydrogen-bond acceptors (Lipinski definition) is 3. The molecule has 0 spiro atoms. The molecule has 2 heterocycles. The van der Waals surface area contributed by atoms with Crippen LogP contribution in [0.15, 0.2) is 53.7 Å². The van der Waals surface area contributed by atoms with Crippen molar-refractivity contribution in [3.63, 3.8) is 0 Å². The van der Waals surface area contributed by atoms with E-state index in [2.05, 4.69) is 11.1 Å². The lowest BCUT2D eigenvalue weighted by atomic mass is 9.90. The van der Waals surface area contributed by atoms with Gasteiger partial charge in [-0.05, 0) is 43.5 Å². The molecule has 0 saturated carbocycles. The number of nitrogens with zero attached hydrogens (tertiary/aromatic N) is 3. The molecule has 1 atom stereocenters. The van der Waals surface area contributed by atoms with Crippen LogP contribution in [0.4, 0.5) is 0 Å². The number of hydrogen-bond donors (Lipinski definition) is 0. The smallest absolute Gasteiger partial charge is 0.234 e. The zero-order valence-corrected chi connectivity index (χ0v) is 15.6. The molecule has 1 unspecified atom stereocenters. The number of pyridine rings is 1. The second-order valence-corrected chi connectivity index (χ2v) is 6.93. The van der Waals surface area contributed by atoms with Crippen LogP contribution in [0, 0.1) is 0 Å². The zero-order chi connectivity index (χ0) is 18.7. The molecule has 26 heavy (non-hydrogen) atoms. The average Bonchev–Trinajstić information content (AvgIpc) is 2.61. The molecule has 0 radical (unpaired) electrons. The van der Waals surface area contributed by atoms with Gasteiger partial charge in [0.25, 0.3) is 0 Å². The first-order valence-corrected chi connectivity index (χ1v) is 9.07. The quantitative estimate of drug-likeness (QED) is 0.854. The molecule has 5 nitrogen and oxygen atoms in total. The number of rotatable bonds is 3. The van der Waals surface area contributed by atoms with E-state index in [1.165, 1.54) is 5.56 Å². The molecule has 0 fully saturated rings. The van der Waals surface area contributed by atoms with E-state index in [1.54, 1.807) is 17.7 Å². The number of fused-ring (bicyclic) bond motifs is 1. The first-order valence-electron chi connectivity index (χ1n) is 9.07. The van der Waals surface area contributed by atoms with E-state index in [1.807, 2.05) is 55.1 Å². The molecule has 1 amide bonds. The SMILES string of the molecule is CC(=O)N1CCc2ccccc2C1CC(=O)n1ccccc1=NC(C)C. The highest BCUT2D eigenvalue weighted by Crippen LogP contribution is 2.32. The lowest BCUT2D eigenvalue weighted by Crippen LogP contribution is -2.41.